The Labute approximate surface area is 104 Å². The van der Waals surface area contributed by atoms with Crippen LogP contribution < -0.4 is 0 Å². The van der Waals surface area contributed by atoms with E-state index < -0.39 is 11.7 Å². The van der Waals surface area contributed by atoms with E-state index in [1.54, 1.807) is 12.4 Å². The number of pyridine rings is 1. The van der Waals surface area contributed by atoms with Crippen molar-refractivity contribution in [2.24, 2.45) is 0 Å². The Morgan fingerprint density at radius 1 is 1.24 bits per heavy atom. The Kier molecular flexibility index (Phi) is 5.59. The summed E-state index contributed by atoms with van der Waals surface area (Å²) in [6.45, 7) is 6.73. The summed E-state index contributed by atoms with van der Waals surface area (Å²) in [5.74, 6) is 0. The van der Waals surface area contributed by atoms with Crippen LogP contribution in [0.4, 0.5) is 0 Å². The van der Waals surface area contributed by atoms with Crippen molar-refractivity contribution in [2.75, 3.05) is 6.61 Å². The van der Waals surface area contributed by atoms with Crippen LogP contribution in [0.3, 0.4) is 0 Å². The van der Waals surface area contributed by atoms with Gasteiger partial charge in [0.1, 0.15) is 0 Å². The second-order valence-corrected chi connectivity index (χ2v) is 4.28. The standard InChI is InChI=1S/C14H23NO2/c1-4-14(5-2,17-6-3)13(16)11-12-7-9-15-10-8-12/h7-10,13,16H,4-6,11H2,1-3H3. The van der Waals surface area contributed by atoms with Crippen LogP contribution in [0.25, 0.3) is 0 Å². The maximum atomic E-state index is 10.4. The Bertz CT molecular complexity index is 309. The maximum Gasteiger partial charge on any atom is 0.0938 e. The number of aliphatic hydroxyl groups is 1. The molecule has 1 rings (SSSR count). The highest BCUT2D eigenvalue weighted by molar-refractivity contribution is 5.12. The molecule has 0 bridgehead atoms. The van der Waals surface area contributed by atoms with Gasteiger partial charge in [-0.25, -0.2) is 0 Å². The second-order valence-electron chi connectivity index (χ2n) is 4.28. The van der Waals surface area contributed by atoms with Crippen molar-refractivity contribution in [2.45, 2.75) is 51.7 Å². The molecule has 0 aromatic carbocycles. The van der Waals surface area contributed by atoms with Crippen molar-refractivity contribution >= 4 is 0 Å². The van der Waals surface area contributed by atoms with E-state index in [0.29, 0.717) is 13.0 Å². The van der Waals surface area contributed by atoms with Crippen LogP contribution in [0.5, 0.6) is 0 Å². The quantitative estimate of drug-likeness (QED) is 0.792. The lowest BCUT2D eigenvalue weighted by atomic mass is 9.86. The Morgan fingerprint density at radius 3 is 2.29 bits per heavy atom. The highest BCUT2D eigenvalue weighted by Crippen LogP contribution is 2.27. The molecule has 0 radical (unpaired) electrons. The van der Waals surface area contributed by atoms with E-state index in [2.05, 4.69) is 18.8 Å². The van der Waals surface area contributed by atoms with Gasteiger partial charge in [-0.15, -0.1) is 0 Å². The number of hydrogen-bond donors (Lipinski definition) is 1. The number of hydrogen-bond acceptors (Lipinski definition) is 3. The molecule has 17 heavy (non-hydrogen) atoms. The van der Waals surface area contributed by atoms with Crippen molar-refractivity contribution in [3.63, 3.8) is 0 Å². The highest BCUT2D eigenvalue weighted by atomic mass is 16.5. The number of rotatable bonds is 7. The first-order valence-corrected chi connectivity index (χ1v) is 6.39. The molecule has 96 valence electrons. The molecule has 3 heteroatoms. The molecule has 0 amide bonds. The fraction of sp³-hybridized carbons (Fsp3) is 0.643. The van der Waals surface area contributed by atoms with E-state index in [9.17, 15) is 5.11 Å². The van der Waals surface area contributed by atoms with Gasteiger partial charge in [0.15, 0.2) is 0 Å². The smallest absolute Gasteiger partial charge is 0.0938 e. The molecule has 0 spiro atoms. The predicted octanol–water partition coefficient (Wildman–Crippen LogP) is 2.58. The number of ether oxygens (including phenoxy) is 1. The molecule has 1 N–H and O–H groups in total. The third-order valence-corrected chi connectivity index (χ3v) is 3.41. The maximum absolute atomic E-state index is 10.4. The molecule has 0 fully saturated rings. The molecule has 0 aliphatic carbocycles. The molecular formula is C14H23NO2. The zero-order valence-electron chi connectivity index (χ0n) is 11.0. The summed E-state index contributed by atoms with van der Waals surface area (Å²) in [7, 11) is 0. The first-order valence-electron chi connectivity index (χ1n) is 6.39. The minimum absolute atomic E-state index is 0.419. The molecule has 0 saturated carbocycles. The van der Waals surface area contributed by atoms with E-state index >= 15 is 0 Å². The molecule has 0 aliphatic heterocycles. The zero-order chi connectivity index (χ0) is 12.7. The number of nitrogens with zero attached hydrogens (tertiary/aromatic N) is 1. The largest absolute Gasteiger partial charge is 0.390 e. The van der Waals surface area contributed by atoms with Crippen molar-refractivity contribution < 1.29 is 9.84 Å². The molecular weight excluding hydrogens is 214 g/mol. The van der Waals surface area contributed by atoms with Crippen LogP contribution in [-0.4, -0.2) is 28.4 Å². The summed E-state index contributed by atoms with van der Waals surface area (Å²) in [5, 5.41) is 10.4. The molecule has 1 atom stereocenters. The normalized spacial score (nSPS) is 13.6. The van der Waals surface area contributed by atoms with E-state index in [4.69, 9.17) is 4.74 Å². The molecule has 3 nitrogen and oxygen atoms in total. The lowest BCUT2D eigenvalue weighted by Crippen LogP contribution is -2.45. The fourth-order valence-corrected chi connectivity index (χ4v) is 2.24. The molecule has 0 aliphatic rings. The minimum Gasteiger partial charge on any atom is -0.390 e. The van der Waals surface area contributed by atoms with Crippen molar-refractivity contribution in [1.82, 2.24) is 4.98 Å². The molecule has 0 saturated heterocycles. The van der Waals surface area contributed by atoms with Gasteiger partial charge < -0.3 is 9.84 Å². The van der Waals surface area contributed by atoms with Gasteiger partial charge in [0.05, 0.1) is 11.7 Å². The van der Waals surface area contributed by atoms with Crippen LogP contribution in [0, 0.1) is 0 Å². The summed E-state index contributed by atoms with van der Waals surface area (Å²) < 4.78 is 5.80. The monoisotopic (exact) mass is 237 g/mol. The lowest BCUT2D eigenvalue weighted by Gasteiger charge is -2.36. The van der Waals surface area contributed by atoms with Crippen molar-refractivity contribution in [3.05, 3.63) is 30.1 Å². The summed E-state index contributed by atoms with van der Waals surface area (Å²) >= 11 is 0. The Hall–Kier alpha value is -0.930. The van der Waals surface area contributed by atoms with Crippen LogP contribution in [0.1, 0.15) is 39.2 Å². The predicted molar refractivity (Wildman–Crippen MR) is 68.9 cm³/mol. The lowest BCUT2D eigenvalue weighted by molar-refractivity contribution is -0.124. The van der Waals surface area contributed by atoms with Gasteiger partial charge in [-0.05, 0) is 37.5 Å². The summed E-state index contributed by atoms with van der Waals surface area (Å²) in [6.07, 6.45) is 5.29. The third-order valence-electron chi connectivity index (χ3n) is 3.41. The molecule has 1 heterocycles. The average molecular weight is 237 g/mol. The van der Waals surface area contributed by atoms with Crippen LogP contribution >= 0.6 is 0 Å². The van der Waals surface area contributed by atoms with Gasteiger partial charge in [0.2, 0.25) is 0 Å². The fourth-order valence-electron chi connectivity index (χ4n) is 2.24. The molecule has 1 unspecified atom stereocenters. The van der Waals surface area contributed by atoms with Gasteiger partial charge in [-0.2, -0.15) is 0 Å². The first kappa shape index (κ1) is 14.1. The van der Waals surface area contributed by atoms with Gasteiger partial charge in [0, 0.05) is 25.4 Å². The minimum atomic E-state index is -0.472. The average Bonchev–Trinajstić information content (AvgIpc) is 2.37. The SMILES string of the molecule is CCOC(CC)(CC)C(O)Cc1ccncc1. The van der Waals surface area contributed by atoms with Crippen LogP contribution in [-0.2, 0) is 11.2 Å². The summed E-state index contributed by atoms with van der Waals surface area (Å²) in [4.78, 5) is 3.98. The van der Waals surface area contributed by atoms with E-state index in [-0.39, 0.29) is 0 Å². The van der Waals surface area contributed by atoms with Gasteiger partial charge >= 0.3 is 0 Å². The summed E-state index contributed by atoms with van der Waals surface area (Å²) in [5.41, 5.74) is 0.677. The van der Waals surface area contributed by atoms with Gasteiger partial charge in [-0.1, -0.05) is 13.8 Å². The Morgan fingerprint density at radius 2 is 1.82 bits per heavy atom. The van der Waals surface area contributed by atoms with Gasteiger partial charge in [-0.3, -0.25) is 4.98 Å². The van der Waals surface area contributed by atoms with Crippen molar-refractivity contribution in [3.8, 4) is 0 Å². The van der Waals surface area contributed by atoms with Gasteiger partial charge in [0.25, 0.3) is 0 Å². The second kappa shape index (κ2) is 6.72. The third kappa shape index (κ3) is 3.51. The van der Waals surface area contributed by atoms with Crippen LogP contribution in [0.2, 0.25) is 0 Å². The van der Waals surface area contributed by atoms with E-state index in [0.717, 1.165) is 18.4 Å². The van der Waals surface area contributed by atoms with E-state index in [1.165, 1.54) is 0 Å². The topological polar surface area (TPSA) is 42.4 Å². The molecule has 1 aromatic heterocycles. The zero-order valence-corrected chi connectivity index (χ0v) is 11.0. The van der Waals surface area contributed by atoms with Crippen LogP contribution in [0.15, 0.2) is 24.5 Å². The Balaban J connectivity index is 2.75. The van der Waals surface area contributed by atoms with E-state index in [1.807, 2.05) is 19.1 Å². The first-order chi connectivity index (χ1) is 8.18. The summed E-state index contributed by atoms with van der Waals surface area (Å²) in [6, 6.07) is 3.87. The molecule has 1 aromatic rings. The van der Waals surface area contributed by atoms with Crippen molar-refractivity contribution in [1.29, 1.82) is 0 Å². The number of aromatic nitrogens is 1. The number of aliphatic hydroxyl groups excluding tert-OH is 1. The highest BCUT2D eigenvalue weighted by Gasteiger charge is 2.35.